The Bertz CT molecular complexity index is 790. The molecule has 1 saturated heterocycles. The van der Waals surface area contributed by atoms with Crippen molar-refractivity contribution in [2.45, 2.75) is 24.9 Å². The van der Waals surface area contributed by atoms with Gasteiger partial charge in [-0.3, -0.25) is 20.2 Å². The molecule has 3 rings (SSSR count). The highest BCUT2D eigenvalue weighted by Crippen LogP contribution is 2.38. The van der Waals surface area contributed by atoms with Crippen LogP contribution in [0.5, 0.6) is 0 Å². The van der Waals surface area contributed by atoms with Crippen molar-refractivity contribution in [1.82, 2.24) is 5.32 Å². The molecule has 0 bridgehead atoms. The Labute approximate surface area is 152 Å². The van der Waals surface area contributed by atoms with E-state index < -0.39 is 9.85 Å². The Morgan fingerprint density at radius 2 is 1.24 bits per heavy atom. The molecule has 2 atom stereocenters. The van der Waals surface area contributed by atoms with Crippen molar-refractivity contribution in [2.75, 3.05) is 0 Å². The molecule has 2 unspecified atom stereocenters. The molecule has 0 aromatic heterocycles. The van der Waals surface area contributed by atoms with Crippen LogP contribution in [0.4, 0.5) is 11.4 Å². The van der Waals surface area contributed by atoms with Gasteiger partial charge in [0.2, 0.25) is 0 Å². The van der Waals surface area contributed by atoms with Crippen LogP contribution in [0.1, 0.15) is 36.1 Å². The lowest BCUT2D eigenvalue weighted by Gasteiger charge is -2.15. The molecule has 0 saturated carbocycles. The van der Waals surface area contributed by atoms with E-state index in [0.29, 0.717) is 0 Å². The van der Waals surface area contributed by atoms with Gasteiger partial charge < -0.3 is 5.32 Å². The van der Waals surface area contributed by atoms with Crippen LogP contribution in [-0.2, 0) is 0 Å². The van der Waals surface area contributed by atoms with Gasteiger partial charge in [0.15, 0.2) is 0 Å². The maximum absolute atomic E-state index is 11.0. The standard InChI is InChI=1S/C16H13Cl2N3O4/c17-11-3-1-9(7-15(11)20(22)23)13-5-6-14(19-13)10-2-4-12(18)16(8-10)21(24)25/h1-4,7-8,13-14,19H,5-6H2. The second-order valence-corrected chi connectivity index (χ2v) is 6.60. The van der Waals surface area contributed by atoms with E-state index >= 15 is 0 Å². The second-order valence-electron chi connectivity index (χ2n) is 5.79. The summed E-state index contributed by atoms with van der Waals surface area (Å²) < 4.78 is 0. The monoisotopic (exact) mass is 381 g/mol. The number of halogens is 2. The molecule has 25 heavy (non-hydrogen) atoms. The molecule has 1 heterocycles. The van der Waals surface area contributed by atoms with Gasteiger partial charge in [0, 0.05) is 24.2 Å². The highest BCUT2D eigenvalue weighted by atomic mass is 35.5. The van der Waals surface area contributed by atoms with Crippen molar-refractivity contribution < 1.29 is 9.85 Å². The van der Waals surface area contributed by atoms with Gasteiger partial charge in [-0.25, -0.2) is 0 Å². The summed E-state index contributed by atoms with van der Waals surface area (Å²) in [5.41, 5.74) is 1.27. The fourth-order valence-corrected chi connectivity index (χ4v) is 3.41. The zero-order valence-electron chi connectivity index (χ0n) is 12.8. The summed E-state index contributed by atoms with van der Waals surface area (Å²) in [5, 5.41) is 25.6. The van der Waals surface area contributed by atoms with Crippen LogP contribution >= 0.6 is 23.2 Å². The Hall–Kier alpha value is -2.22. The lowest BCUT2D eigenvalue weighted by atomic mass is 10.0. The molecule has 0 aliphatic carbocycles. The predicted molar refractivity (Wildman–Crippen MR) is 94.1 cm³/mol. The normalized spacial score (nSPS) is 19.8. The highest BCUT2D eigenvalue weighted by Gasteiger charge is 2.29. The van der Waals surface area contributed by atoms with Gasteiger partial charge in [-0.1, -0.05) is 35.3 Å². The van der Waals surface area contributed by atoms with Gasteiger partial charge in [-0.2, -0.15) is 0 Å². The number of hydrogen-bond donors (Lipinski definition) is 1. The fraction of sp³-hybridized carbons (Fsp3) is 0.250. The van der Waals surface area contributed by atoms with Crippen molar-refractivity contribution in [3.8, 4) is 0 Å². The highest BCUT2D eigenvalue weighted by molar-refractivity contribution is 6.33. The van der Waals surface area contributed by atoms with Crippen molar-refractivity contribution in [3.05, 3.63) is 77.8 Å². The van der Waals surface area contributed by atoms with E-state index in [1.54, 1.807) is 12.1 Å². The molecule has 2 aromatic carbocycles. The summed E-state index contributed by atoms with van der Waals surface area (Å²) in [6.45, 7) is 0. The van der Waals surface area contributed by atoms with Crippen LogP contribution in [-0.4, -0.2) is 9.85 Å². The van der Waals surface area contributed by atoms with Gasteiger partial charge in [0.25, 0.3) is 11.4 Å². The minimum Gasteiger partial charge on any atom is -0.303 e. The van der Waals surface area contributed by atoms with Gasteiger partial charge in [-0.15, -0.1) is 0 Å². The number of nitrogens with one attached hydrogen (secondary N) is 1. The molecule has 1 aliphatic heterocycles. The van der Waals surface area contributed by atoms with Crippen molar-refractivity contribution in [3.63, 3.8) is 0 Å². The Morgan fingerprint density at radius 1 is 0.840 bits per heavy atom. The van der Waals surface area contributed by atoms with E-state index in [-0.39, 0.29) is 33.5 Å². The predicted octanol–water partition coefficient (Wildman–Crippen LogP) is 4.98. The second kappa shape index (κ2) is 6.95. The largest absolute Gasteiger partial charge is 0.303 e. The minimum atomic E-state index is -0.513. The third-order valence-electron chi connectivity index (χ3n) is 4.28. The van der Waals surface area contributed by atoms with Gasteiger partial charge >= 0.3 is 0 Å². The molecule has 1 aliphatic rings. The Kier molecular flexibility index (Phi) is 4.89. The fourth-order valence-electron chi connectivity index (χ4n) is 3.04. The van der Waals surface area contributed by atoms with E-state index in [9.17, 15) is 20.2 Å². The topological polar surface area (TPSA) is 98.3 Å². The van der Waals surface area contributed by atoms with E-state index in [2.05, 4.69) is 5.32 Å². The maximum Gasteiger partial charge on any atom is 0.288 e. The smallest absolute Gasteiger partial charge is 0.288 e. The first-order chi connectivity index (χ1) is 11.9. The van der Waals surface area contributed by atoms with E-state index in [1.165, 1.54) is 24.3 Å². The molecule has 130 valence electrons. The molecular weight excluding hydrogens is 369 g/mol. The first-order valence-electron chi connectivity index (χ1n) is 7.50. The first-order valence-corrected chi connectivity index (χ1v) is 8.26. The Balaban J connectivity index is 1.83. The third-order valence-corrected chi connectivity index (χ3v) is 4.92. The number of rotatable bonds is 4. The number of nitro groups is 2. The lowest BCUT2D eigenvalue weighted by molar-refractivity contribution is -0.384. The number of nitro benzene ring substituents is 2. The maximum atomic E-state index is 11.0. The minimum absolute atomic E-state index is 0.0873. The molecule has 0 spiro atoms. The van der Waals surface area contributed by atoms with Gasteiger partial charge in [0.1, 0.15) is 10.0 Å². The SMILES string of the molecule is O=[N+]([O-])c1cc(C2CCC(c3ccc(Cl)c([N+](=O)[O-])c3)N2)ccc1Cl. The molecular formula is C16H13Cl2N3O4. The first kappa shape index (κ1) is 17.6. The van der Waals surface area contributed by atoms with Crippen LogP contribution in [0, 0.1) is 20.2 Å². The van der Waals surface area contributed by atoms with Gasteiger partial charge in [-0.05, 0) is 36.1 Å². The molecule has 9 heteroatoms. The van der Waals surface area contributed by atoms with Crippen LogP contribution in [0.25, 0.3) is 0 Å². The van der Waals surface area contributed by atoms with Crippen molar-refractivity contribution in [1.29, 1.82) is 0 Å². The summed E-state index contributed by atoms with van der Waals surface area (Å²) in [7, 11) is 0. The summed E-state index contributed by atoms with van der Waals surface area (Å²) in [6.07, 6.45) is 1.50. The van der Waals surface area contributed by atoms with Crippen LogP contribution in [0.2, 0.25) is 10.0 Å². The quantitative estimate of drug-likeness (QED) is 0.594. The molecule has 7 nitrogen and oxygen atoms in total. The molecule has 2 aromatic rings. The lowest BCUT2D eigenvalue weighted by Crippen LogP contribution is -2.17. The summed E-state index contributed by atoms with van der Waals surface area (Å²) in [6, 6.07) is 9.28. The van der Waals surface area contributed by atoms with Crippen molar-refractivity contribution >= 4 is 34.6 Å². The number of nitrogens with zero attached hydrogens (tertiary/aromatic N) is 2. The summed E-state index contributed by atoms with van der Waals surface area (Å²) >= 11 is 11.7. The number of hydrogen-bond acceptors (Lipinski definition) is 5. The van der Waals surface area contributed by atoms with Crippen LogP contribution < -0.4 is 5.32 Å². The zero-order chi connectivity index (χ0) is 18.1. The van der Waals surface area contributed by atoms with Crippen LogP contribution in [0.15, 0.2) is 36.4 Å². The van der Waals surface area contributed by atoms with Crippen molar-refractivity contribution in [2.24, 2.45) is 0 Å². The average Bonchev–Trinajstić information content (AvgIpc) is 3.05. The molecule has 0 radical (unpaired) electrons. The molecule has 0 amide bonds. The zero-order valence-corrected chi connectivity index (χ0v) is 14.3. The summed E-state index contributed by atoms with van der Waals surface area (Å²) in [4.78, 5) is 21.0. The van der Waals surface area contributed by atoms with E-state index in [4.69, 9.17) is 23.2 Å². The number of benzene rings is 2. The van der Waals surface area contributed by atoms with E-state index in [1.807, 2.05) is 0 Å². The Morgan fingerprint density at radius 3 is 1.60 bits per heavy atom. The van der Waals surface area contributed by atoms with Crippen LogP contribution in [0.3, 0.4) is 0 Å². The third kappa shape index (κ3) is 3.58. The molecule has 1 fully saturated rings. The molecule has 1 N–H and O–H groups in total. The van der Waals surface area contributed by atoms with E-state index in [0.717, 1.165) is 24.0 Å². The van der Waals surface area contributed by atoms with Gasteiger partial charge in [0.05, 0.1) is 9.85 Å². The average molecular weight is 382 g/mol. The summed E-state index contributed by atoms with van der Waals surface area (Å²) in [5.74, 6) is 0.